The van der Waals surface area contributed by atoms with E-state index in [1.165, 1.54) is 6.33 Å². The molecular weight excluding hydrogens is 146 g/mol. The lowest BCUT2D eigenvalue weighted by atomic mass is 10.2. The standard InChI is InChI=1S/C6H9N3O2/c7-5(10)2-1-3-6-8-4-9-11-6/h4H,1-3H2,(H2,7,10). The number of hydrogen-bond donors (Lipinski definition) is 1. The van der Waals surface area contributed by atoms with Gasteiger partial charge in [0.15, 0.2) is 6.33 Å². The molecular formula is C6H9N3O2. The van der Waals surface area contributed by atoms with Crippen LogP contribution < -0.4 is 5.73 Å². The molecule has 0 atom stereocenters. The Kier molecular flexibility index (Phi) is 2.59. The van der Waals surface area contributed by atoms with Crippen molar-refractivity contribution in [2.24, 2.45) is 5.73 Å². The quantitative estimate of drug-likeness (QED) is 0.657. The van der Waals surface area contributed by atoms with Crippen molar-refractivity contribution >= 4 is 5.91 Å². The van der Waals surface area contributed by atoms with Crippen molar-refractivity contribution in [1.82, 2.24) is 10.1 Å². The van der Waals surface area contributed by atoms with Crippen LogP contribution in [0.15, 0.2) is 10.9 Å². The van der Waals surface area contributed by atoms with Crippen molar-refractivity contribution in [2.75, 3.05) is 0 Å². The minimum absolute atomic E-state index is 0.301. The van der Waals surface area contributed by atoms with E-state index in [1.54, 1.807) is 0 Å². The summed E-state index contributed by atoms with van der Waals surface area (Å²) in [6.45, 7) is 0. The highest BCUT2D eigenvalue weighted by molar-refractivity contribution is 5.73. The second-order valence-corrected chi connectivity index (χ2v) is 2.15. The summed E-state index contributed by atoms with van der Waals surface area (Å²) in [6.07, 6.45) is 2.97. The van der Waals surface area contributed by atoms with Crippen LogP contribution in [0.3, 0.4) is 0 Å². The summed E-state index contributed by atoms with van der Waals surface area (Å²) in [6, 6.07) is 0. The maximum absolute atomic E-state index is 10.3. The number of rotatable bonds is 4. The van der Waals surface area contributed by atoms with Crippen molar-refractivity contribution in [3.05, 3.63) is 12.2 Å². The SMILES string of the molecule is NC(=O)CCCc1ncno1. The fourth-order valence-electron chi connectivity index (χ4n) is 0.720. The number of carbonyl (C=O) groups is 1. The number of nitrogens with zero attached hydrogens (tertiary/aromatic N) is 2. The zero-order valence-electron chi connectivity index (χ0n) is 5.99. The predicted octanol–water partition coefficient (Wildman–Crippen LogP) is -0.122. The average Bonchev–Trinajstić information content (AvgIpc) is 2.39. The van der Waals surface area contributed by atoms with Gasteiger partial charge in [0, 0.05) is 12.8 Å². The maximum atomic E-state index is 10.3. The van der Waals surface area contributed by atoms with E-state index in [2.05, 4.69) is 10.1 Å². The molecule has 0 aliphatic heterocycles. The van der Waals surface area contributed by atoms with Crippen LogP contribution in [0.1, 0.15) is 18.7 Å². The van der Waals surface area contributed by atoms with Crippen LogP contribution in [-0.2, 0) is 11.2 Å². The van der Waals surface area contributed by atoms with Gasteiger partial charge >= 0.3 is 0 Å². The van der Waals surface area contributed by atoms with Crippen molar-refractivity contribution in [3.63, 3.8) is 0 Å². The van der Waals surface area contributed by atoms with Crippen LogP contribution in [0.25, 0.3) is 0 Å². The fraction of sp³-hybridized carbons (Fsp3) is 0.500. The Bertz CT molecular complexity index is 220. The summed E-state index contributed by atoms with van der Waals surface area (Å²) in [4.78, 5) is 14.1. The third-order valence-corrected chi connectivity index (χ3v) is 1.22. The molecule has 0 aliphatic rings. The van der Waals surface area contributed by atoms with Gasteiger partial charge in [-0.05, 0) is 6.42 Å². The number of amides is 1. The molecule has 1 rings (SSSR count). The van der Waals surface area contributed by atoms with Gasteiger partial charge in [0.05, 0.1) is 0 Å². The summed E-state index contributed by atoms with van der Waals surface area (Å²) in [5.74, 6) is 0.246. The van der Waals surface area contributed by atoms with E-state index in [9.17, 15) is 4.79 Å². The lowest BCUT2D eigenvalue weighted by Gasteiger charge is -1.90. The molecule has 0 saturated heterocycles. The van der Waals surface area contributed by atoms with E-state index in [-0.39, 0.29) is 5.91 Å². The normalized spacial score (nSPS) is 9.82. The van der Waals surface area contributed by atoms with E-state index >= 15 is 0 Å². The van der Waals surface area contributed by atoms with E-state index in [1.807, 2.05) is 0 Å². The molecule has 1 heterocycles. The summed E-state index contributed by atoms with van der Waals surface area (Å²) in [5.41, 5.74) is 4.93. The van der Waals surface area contributed by atoms with Gasteiger partial charge in [-0.1, -0.05) is 5.16 Å². The molecule has 60 valence electrons. The Morgan fingerprint density at radius 2 is 2.55 bits per heavy atom. The topological polar surface area (TPSA) is 82.0 Å². The molecule has 0 saturated carbocycles. The van der Waals surface area contributed by atoms with Gasteiger partial charge in [-0.25, -0.2) is 0 Å². The Hall–Kier alpha value is -1.39. The number of nitrogens with two attached hydrogens (primary N) is 1. The monoisotopic (exact) mass is 155 g/mol. The van der Waals surface area contributed by atoms with Gasteiger partial charge in [0.2, 0.25) is 11.8 Å². The molecule has 0 bridgehead atoms. The first-order valence-corrected chi connectivity index (χ1v) is 3.33. The lowest BCUT2D eigenvalue weighted by molar-refractivity contribution is -0.118. The third-order valence-electron chi connectivity index (χ3n) is 1.22. The molecule has 0 fully saturated rings. The van der Waals surface area contributed by atoms with E-state index in [0.717, 1.165) is 0 Å². The molecule has 5 nitrogen and oxygen atoms in total. The van der Waals surface area contributed by atoms with E-state index in [0.29, 0.717) is 25.2 Å². The minimum atomic E-state index is -0.301. The molecule has 11 heavy (non-hydrogen) atoms. The van der Waals surface area contributed by atoms with Crippen molar-refractivity contribution < 1.29 is 9.32 Å². The van der Waals surface area contributed by atoms with Crippen molar-refractivity contribution in [1.29, 1.82) is 0 Å². The Labute approximate surface area is 63.6 Å². The zero-order valence-corrected chi connectivity index (χ0v) is 5.99. The molecule has 1 amide bonds. The van der Waals surface area contributed by atoms with Crippen LogP contribution in [0, 0.1) is 0 Å². The first-order chi connectivity index (χ1) is 5.29. The van der Waals surface area contributed by atoms with E-state index < -0.39 is 0 Å². The highest BCUT2D eigenvalue weighted by Crippen LogP contribution is 1.98. The highest BCUT2D eigenvalue weighted by Gasteiger charge is 1.99. The maximum Gasteiger partial charge on any atom is 0.226 e. The second kappa shape index (κ2) is 3.70. The van der Waals surface area contributed by atoms with Gasteiger partial charge in [0.1, 0.15) is 0 Å². The molecule has 0 spiro atoms. The average molecular weight is 155 g/mol. The molecule has 2 N–H and O–H groups in total. The fourth-order valence-corrected chi connectivity index (χ4v) is 0.720. The molecule has 5 heteroatoms. The minimum Gasteiger partial charge on any atom is -0.370 e. The summed E-state index contributed by atoms with van der Waals surface area (Å²) in [7, 11) is 0. The third kappa shape index (κ3) is 2.79. The highest BCUT2D eigenvalue weighted by atomic mass is 16.5. The lowest BCUT2D eigenvalue weighted by Crippen LogP contribution is -2.10. The predicted molar refractivity (Wildman–Crippen MR) is 36.4 cm³/mol. The van der Waals surface area contributed by atoms with Gasteiger partial charge in [-0.15, -0.1) is 0 Å². The summed E-state index contributed by atoms with van der Waals surface area (Å²) >= 11 is 0. The number of aryl methyl sites for hydroxylation is 1. The van der Waals surface area contributed by atoms with Gasteiger partial charge in [0.25, 0.3) is 0 Å². The molecule has 0 aliphatic carbocycles. The van der Waals surface area contributed by atoms with Crippen molar-refractivity contribution in [3.8, 4) is 0 Å². The summed E-state index contributed by atoms with van der Waals surface area (Å²) in [5, 5.41) is 3.42. The van der Waals surface area contributed by atoms with Gasteiger partial charge in [-0.3, -0.25) is 4.79 Å². The molecule has 0 radical (unpaired) electrons. The zero-order chi connectivity index (χ0) is 8.10. The Morgan fingerprint density at radius 3 is 3.09 bits per heavy atom. The molecule has 1 aromatic rings. The number of primary amides is 1. The van der Waals surface area contributed by atoms with Crippen LogP contribution in [0.2, 0.25) is 0 Å². The van der Waals surface area contributed by atoms with Crippen molar-refractivity contribution in [2.45, 2.75) is 19.3 Å². The molecule has 1 aromatic heterocycles. The van der Waals surface area contributed by atoms with Crippen LogP contribution in [0.4, 0.5) is 0 Å². The molecule has 0 unspecified atom stereocenters. The smallest absolute Gasteiger partial charge is 0.226 e. The number of carbonyl (C=O) groups excluding carboxylic acids is 1. The van der Waals surface area contributed by atoms with Gasteiger partial charge in [-0.2, -0.15) is 4.98 Å². The first-order valence-electron chi connectivity index (χ1n) is 3.33. The summed E-state index contributed by atoms with van der Waals surface area (Å²) < 4.78 is 4.70. The first kappa shape index (κ1) is 7.71. The molecule has 0 aromatic carbocycles. The second-order valence-electron chi connectivity index (χ2n) is 2.15. The largest absolute Gasteiger partial charge is 0.370 e. The van der Waals surface area contributed by atoms with Crippen LogP contribution in [0.5, 0.6) is 0 Å². The number of hydrogen-bond acceptors (Lipinski definition) is 4. The Morgan fingerprint density at radius 1 is 1.73 bits per heavy atom. The van der Waals surface area contributed by atoms with Crippen LogP contribution in [-0.4, -0.2) is 16.0 Å². The van der Waals surface area contributed by atoms with Gasteiger partial charge < -0.3 is 10.3 Å². The Balaban J connectivity index is 2.19. The van der Waals surface area contributed by atoms with Crippen LogP contribution >= 0.6 is 0 Å². The van der Waals surface area contributed by atoms with E-state index in [4.69, 9.17) is 10.3 Å². The number of aromatic nitrogens is 2.